The van der Waals surface area contributed by atoms with Crippen molar-refractivity contribution in [2.24, 2.45) is 14.1 Å². The third kappa shape index (κ3) is 2.68. The van der Waals surface area contributed by atoms with Gasteiger partial charge in [0.25, 0.3) is 5.56 Å². The number of hydrogen-bond donors (Lipinski definition) is 1. The molecule has 19 heavy (non-hydrogen) atoms. The minimum atomic E-state index is -0.324. The minimum Gasteiger partial charge on any atom is -0.468 e. The van der Waals surface area contributed by atoms with Crippen LogP contribution in [0.2, 0.25) is 0 Å². The van der Waals surface area contributed by atoms with Crippen molar-refractivity contribution < 1.29 is 4.42 Å². The summed E-state index contributed by atoms with van der Waals surface area (Å²) in [7, 11) is 3.11. The molecule has 102 valence electrons. The molecule has 0 aliphatic rings. The number of furan rings is 1. The lowest BCUT2D eigenvalue weighted by Gasteiger charge is -2.14. The highest BCUT2D eigenvalue weighted by atomic mass is 16.3. The first kappa shape index (κ1) is 13.4. The monoisotopic (exact) mass is 263 g/mol. The van der Waals surface area contributed by atoms with Gasteiger partial charge in [0.2, 0.25) is 0 Å². The Kier molecular flexibility index (Phi) is 3.71. The van der Waals surface area contributed by atoms with E-state index in [0.29, 0.717) is 12.2 Å². The van der Waals surface area contributed by atoms with E-state index < -0.39 is 0 Å². The van der Waals surface area contributed by atoms with E-state index in [-0.39, 0.29) is 17.3 Å². The summed E-state index contributed by atoms with van der Waals surface area (Å²) in [6.45, 7) is 2.38. The van der Waals surface area contributed by atoms with Crippen molar-refractivity contribution in [2.75, 3.05) is 0 Å². The van der Waals surface area contributed by atoms with Crippen molar-refractivity contribution in [3.63, 3.8) is 0 Å². The standard InChI is InChI=1S/C13H17N3O3/c1-9(11-5-4-6-19-11)14-8-10-7-12(17)16(3)13(18)15(10)2/h4-7,9,14H,8H2,1-3H3/t9-/m0/s1. The minimum absolute atomic E-state index is 0.00848. The molecular formula is C13H17N3O3. The maximum Gasteiger partial charge on any atom is 0.330 e. The van der Waals surface area contributed by atoms with Crippen molar-refractivity contribution in [1.82, 2.24) is 14.5 Å². The lowest BCUT2D eigenvalue weighted by Crippen LogP contribution is -2.39. The van der Waals surface area contributed by atoms with Crippen molar-refractivity contribution in [1.29, 1.82) is 0 Å². The van der Waals surface area contributed by atoms with Crippen LogP contribution in [0.5, 0.6) is 0 Å². The zero-order chi connectivity index (χ0) is 14.0. The molecule has 0 aliphatic carbocycles. The van der Waals surface area contributed by atoms with Crippen LogP contribution in [0, 0.1) is 0 Å². The van der Waals surface area contributed by atoms with E-state index in [1.165, 1.54) is 17.7 Å². The molecule has 0 fully saturated rings. The van der Waals surface area contributed by atoms with Crippen molar-refractivity contribution in [3.8, 4) is 0 Å². The highest BCUT2D eigenvalue weighted by molar-refractivity contribution is 5.06. The summed E-state index contributed by atoms with van der Waals surface area (Å²) in [5.41, 5.74) is 0.0204. The maximum atomic E-state index is 11.8. The molecule has 1 N–H and O–H groups in total. The molecular weight excluding hydrogens is 246 g/mol. The van der Waals surface area contributed by atoms with Gasteiger partial charge in [-0.25, -0.2) is 4.79 Å². The van der Waals surface area contributed by atoms with Gasteiger partial charge in [-0.05, 0) is 19.1 Å². The molecule has 0 saturated carbocycles. The predicted molar refractivity (Wildman–Crippen MR) is 70.9 cm³/mol. The van der Waals surface area contributed by atoms with E-state index in [0.717, 1.165) is 10.3 Å². The van der Waals surface area contributed by atoms with E-state index in [1.807, 2.05) is 19.1 Å². The molecule has 2 aromatic rings. The Morgan fingerprint density at radius 2 is 2.05 bits per heavy atom. The molecule has 6 heteroatoms. The van der Waals surface area contributed by atoms with E-state index in [9.17, 15) is 9.59 Å². The quantitative estimate of drug-likeness (QED) is 0.873. The van der Waals surface area contributed by atoms with Gasteiger partial charge in [0.15, 0.2) is 0 Å². The fraction of sp³-hybridized carbons (Fsp3) is 0.385. The van der Waals surface area contributed by atoms with E-state index >= 15 is 0 Å². The van der Waals surface area contributed by atoms with Gasteiger partial charge >= 0.3 is 5.69 Å². The van der Waals surface area contributed by atoms with Crippen LogP contribution in [0.3, 0.4) is 0 Å². The number of hydrogen-bond acceptors (Lipinski definition) is 4. The van der Waals surface area contributed by atoms with Gasteiger partial charge in [0.1, 0.15) is 5.76 Å². The number of rotatable bonds is 4. The Balaban J connectivity index is 2.17. The summed E-state index contributed by atoms with van der Waals surface area (Å²) in [5.74, 6) is 0.814. The van der Waals surface area contributed by atoms with Gasteiger partial charge in [-0.3, -0.25) is 13.9 Å². The second-order valence-electron chi connectivity index (χ2n) is 4.49. The van der Waals surface area contributed by atoms with Crippen LogP contribution in [0.4, 0.5) is 0 Å². The first-order valence-corrected chi connectivity index (χ1v) is 6.03. The normalized spacial score (nSPS) is 12.6. The highest BCUT2D eigenvalue weighted by Gasteiger charge is 2.10. The number of aromatic nitrogens is 2. The maximum absolute atomic E-state index is 11.8. The lowest BCUT2D eigenvalue weighted by molar-refractivity contribution is 0.425. The fourth-order valence-corrected chi connectivity index (χ4v) is 1.84. The van der Waals surface area contributed by atoms with Gasteiger partial charge in [-0.2, -0.15) is 0 Å². The number of nitrogens with zero attached hydrogens (tertiary/aromatic N) is 2. The average Bonchev–Trinajstić information content (AvgIpc) is 2.92. The third-order valence-electron chi connectivity index (χ3n) is 3.18. The first-order valence-electron chi connectivity index (χ1n) is 6.03. The van der Waals surface area contributed by atoms with Gasteiger partial charge in [-0.1, -0.05) is 0 Å². The fourth-order valence-electron chi connectivity index (χ4n) is 1.84. The van der Waals surface area contributed by atoms with Crippen LogP contribution in [0.15, 0.2) is 38.5 Å². The van der Waals surface area contributed by atoms with Crippen LogP contribution < -0.4 is 16.6 Å². The highest BCUT2D eigenvalue weighted by Crippen LogP contribution is 2.12. The Morgan fingerprint density at radius 1 is 1.32 bits per heavy atom. The van der Waals surface area contributed by atoms with Crippen LogP contribution in [-0.2, 0) is 20.6 Å². The van der Waals surface area contributed by atoms with E-state index in [2.05, 4.69) is 5.32 Å². The summed E-state index contributed by atoms with van der Waals surface area (Å²) in [5, 5.41) is 3.21. The molecule has 0 amide bonds. The summed E-state index contributed by atoms with van der Waals surface area (Å²) in [6, 6.07) is 5.17. The third-order valence-corrected chi connectivity index (χ3v) is 3.18. The molecule has 6 nitrogen and oxygen atoms in total. The van der Waals surface area contributed by atoms with E-state index in [4.69, 9.17) is 4.42 Å². The topological polar surface area (TPSA) is 69.2 Å². The molecule has 2 aromatic heterocycles. The van der Waals surface area contributed by atoms with Crippen molar-refractivity contribution in [3.05, 3.63) is 56.8 Å². The summed E-state index contributed by atoms with van der Waals surface area (Å²) in [6.07, 6.45) is 1.61. The molecule has 0 unspecified atom stereocenters. The molecule has 0 aromatic carbocycles. The molecule has 0 aliphatic heterocycles. The largest absolute Gasteiger partial charge is 0.468 e. The second kappa shape index (κ2) is 5.27. The Labute approximate surface area is 110 Å². The molecule has 2 heterocycles. The molecule has 0 spiro atoms. The van der Waals surface area contributed by atoms with Crippen LogP contribution >= 0.6 is 0 Å². The smallest absolute Gasteiger partial charge is 0.330 e. The Hall–Kier alpha value is -2.08. The second-order valence-corrected chi connectivity index (χ2v) is 4.49. The Bertz CT molecular complexity index is 667. The predicted octanol–water partition coefficient (Wildman–Crippen LogP) is 0.528. The van der Waals surface area contributed by atoms with Crippen molar-refractivity contribution in [2.45, 2.75) is 19.5 Å². The summed E-state index contributed by atoms with van der Waals surface area (Å²) >= 11 is 0. The first-order chi connectivity index (χ1) is 9.00. The molecule has 0 bridgehead atoms. The summed E-state index contributed by atoms with van der Waals surface area (Å²) < 4.78 is 7.83. The van der Waals surface area contributed by atoms with Gasteiger partial charge < -0.3 is 9.73 Å². The zero-order valence-electron chi connectivity index (χ0n) is 11.2. The molecule has 0 saturated heterocycles. The zero-order valence-corrected chi connectivity index (χ0v) is 11.2. The molecule has 1 atom stereocenters. The van der Waals surface area contributed by atoms with E-state index in [1.54, 1.807) is 13.3 Å². The number of nitrogens with one attached hydrogen (secondary N) is 1. The summed E-state index contributed by atoms with van der Waals surface area (Å²) in [4.78, 5) is 23.4. The van der Waals surface area contributed by atoms with Crippen LogP contribution in [0.25, 0.3) is 0 Å². The van der Waals surface area contributed by atoms with Crippen LogP contribution in [0.1, 0.15) is 24.4 Å². The van der Waals surface area contributed by atoms with Crippen LogP contribution in [-0.4, -0.2) is 9.13 Å². The molecule has 2 rings (SSSR count). The lowest BCUT2D eigenvalue weighted by atomic mass is 10.2. The Morgan fingerprint density at radius 3 is 2.68 bits per heavy atom. The van der Waals surface area contributed by atoms with Gasteiger partial charge in [0.05, 0.1) is 12.3 Å². The van der Waals surface area contributed by atoms with Gasteiger partial charge in [0, 0.05) is 32.4 Å². The van der Waals surface area contributed by atoms with Crippen molar-refractivity contribution >= 4 is 0 Å². The molecule has 0 radical (unpaired) electrons. The van der Waals surface area contributed by atoms with Gasteiger partial charge in [-0.15, -0.1) is 0 Å². The average molecular weight is 263 g/mol. The SMILES string of the molecule is C[C@H](NCc1cc(=O)n(C)c(=O)n1C)c1ccco1.